The van der Waals surface area contributed by atoms with E-state index in [1.165, 1.54) is 11.3 Å². The Bertz CT molecular complexity index is 558. The Morgan fingerprint density at radius 2 is 1.86 bits per heavy atom. The van der Waals surface area contributed by atoms with Gasteiger partial charge in [0.05, 0.1) is 6.54 Å². The van der Waals surface area contributed by atoms with E-state index < -0.39 is 0 Å². The molecule has 1 aromatic heterocycles. The number of hydrogen-bond acceptors (Lipinski definition) is 4. The van der Waals surface area contributed by atoms with Gasteiger partial charge in [0.2, 0.25) is 0 Å². The largest absolute Gasteiger partial charge is 0.378 e. The number of imidazole rings is 1. The van der Waals surface area contributed by atoms with Crippen molar-refractivity contribution in [2.24, 2.45) is 12.8 Å². The zero-order valence-electron chi connectivity index (χ0n) is 13.3. The van der Waals surface area contributed by atoms with Crippen molar-refractivity contribution in [3.63, 3.8) is 0 Å². The fraction of sp³-hybridized carbons (Fsp3) is 0.438. The summed E-state index contributed by atoms with van der Waals surface area (Å²) >= 11 is 0. The number of likely N-dealkylation sites (N-methyl/N-ethyl adjacent to an activating group) is 1. The summed E-state index contributed by atoms with van der Waals surface area (Å²) in [6.45, 7) is 1.36. The highest BCUT2D eigenvalue weighted by Crippen LogP contribution is 2.22. The van der Waals surface area contributed by atoms with Crippen molar-refractivity contribution in [2.45, 2.75) is 12.6 Å². The van der Waals surface area contributed by atoms with E-state index in [2.05, 4.69) is 46.1 Å². The molecule has 21 heavy (non-hydrogen) atoms. The average Bonchev–Trinajstić information content (AvgIpc) is 2.85. The molecule has 1 aromatic carbocycles. The third kappa shape index (κ3) is 3.62. The Balaban J connectivity index is 2.13. The molecule has 0 amide bonds. The third-order valence-corrected chi connectivity index (χ3v) is 3.86. The molecule has 0 bridgehead atoms. The Labute approximate surface area is 127 Å². The lowest BCUT2D eigenvalue weighted by molar-refractivity contribution is 0.234. The van der Waals surface area contributed by atoms with Crippen LogP contribution in [0.15, 0.2) is 36.7 Å². The second kappa shape index (κ2) is 6.74. The lowest BCUT2D eigenvalue weighted by atomic mass is 10.1. The molecule has 0 radical (unpaired) electrons. The maximum atomic E-state index is 5.99. The van der Waals surface area contributed by atoms with Crippen molar-refractivity contribution in [1.82, 2.24) is 14.5 Å². The number of anilines is 1. The van der Waals surface area contributed by atoms with Crippen LogP contribution >= 0.6 is 0 Å². The van der Waals surface area contributed by atoms with E-state index in [0.717, 1.165) is 12.4 Å². The SMILES string of the molecule is CN(C)c1ccc(C(CN)N(C)Cc2nccn2C)cc1. The molecular formula is C16H25N5. The highest BCUT2D eigenvalue weighted by molar-refractivity contribution is 5.46. The molecule has 2 N–H and O–H groups in total. The molecule has 0 saturated carbocycles. The van der Waals surface area contributed by atoms with Crippen LogP contribution in [0.25, 0.3) is 0 Å². The zero-order chi connectivity index (χ0) is 15.4. The Kier molecular flexibility index (Phi) is 4.98. The van der Waals surface area contributed by atoms with Crippen LogP contribution in [0.5, 0.6) is 0 Å². The minimum atomic E-state index is 0.193. The van der Waals surface area contributed by atoms with Crippen LogP contribution in [-0.2, 0) is 13.6 Å². The smallest absolute Gasteiger partial charge is 0.122 e. The molecule has 0 aliphatic carbocycles. The summed E-state index contributed by atoms with van der Waals surface area (Å²) in [6.07, 6.45) is 3.79. The summed E-state index contributed by atoms with van der Waals surface area (Å²) in [5, 5.41) is 0. The number of hydrogen-bond donors (Lipinski definition) is 1. The van der Waals surface area contributed by atoms with Gasteiger partial charge in [-0.1, -0.05) is 12.1 Å². The van der Waals surface area contributed by atoms with Crippen LogP contribution in [0.1, 0.15) is 17.4 Å². The number of aryl methyl sites for hydroxylation is 1. The van der Waals surface area contributed by atoms with Crippen molar-refractivity contribution in [3.8, 4) is 0 Å². The molecule has 1 unspecified atom stereocenters. The van der Waals surface area contributed by atoms with E-state index in [9.17, 15) is 0 Å². The van der Waals surface area contributed by atoms with Crippen LogP contribution in [0, 0.1) is 0 Å². The van der Waals surface area contributed by atoms with E-state index in [1.807, 2.05) is 38.1 Å². The van der Waals surface area contributed by atoms with Gasteiger partial charge < -0.3 is 15.2 Å². The van der Waals surface area contributed by atoms with Gasteiger partial charge in [0.1, 0.15) is 5.82 Å². The van der Waals surface area contributed by atoms with Gasteiger partial charge in [-0.25, -0.2) is 4.98 Å². The second-order valence-electron chi connectivity index (χ2n) is 5.61. The summed E-state index contributed by atoms with van der Waals surface area (Å²) in [5.41, 5.74) is 8.42. The third-order valence-electron chi connectivity index (χ3n) is 3.86. The highest BCUT2D eigenvalue weighted by atomic mass is 15.2. The van der Waals surface area contributed by atoms with Gasteiger partial charge >= 0.3 is 0 Å². The van der Waals surface area contributed by atoms with E-state index in [-0.39, 0.29) is 6.04 Å². The van der Waals surface area contributed by atoms with Gasteiger partial charge in [-0.3, -0.25) is 4.90 Å². The Hall–Kier alpha value is -1.85. The number of rotatable bonds is 6. The number of benzene rings is 1. The monoisotopic (exact) mass is 287 g/mol. The lowest BCUT2D eigenvalue weighted by Crippen LogP contribution is -2.31. The molecule has 5 nitrogen and oxygen atoms in total. The quantitative estimate of drug-likeness (QED) is 0.877. The van der Waals surface area contributed by atoms with Crippen LogP contribution in [-0.4, -0.2) is 42.1 Å². The maximum absolute atomic E-state index is 5.99. The predicted molar refractivity (Wildman–Crippen MR) is 87.2 cm³/mol. The minimum absolute atomic E-state index is 0.193. The van der Waals surface area contributed by atoms with Gasteiger partial charge in [0.15, 0.2) is 0 Å². The summed E-state index contributed by atoms with van der Waals surface area (Å²) in [6, 6.07) is 8.76. The van der Waals surface area contributed by atoms with Crippen molar-refractivity contribution < 1.29 is 0 Å². The lowest BCUT2D eigenvalue weighted by Gasteiger charge is -2.27. The summed E-state index contributed by atoms with van der Waals surface area (Å²) in [5.74, 6) is 1.04. The van der Waals surface area contributed by atoms with Crippen LogP contribution in [0.2, 0.25) is 0 Å². The molecule has 0 saturated heterocycles. The van der Waals surface area contributed by atoms with Gasteiger partial charge in [-0.05, 0) is 24.7 Å². The molecule has 1 atom stereocenters. The zero-order valence-corrected chi connectivity index (χ0v) is 13.3. The first-order valence-corrected chi connectivity index (χ1v) is 7.16. The molecule has 2 aromatic rings. The van der Waals surface area contributed by atoms with E-state index >= 15 is 0 Å². The molecule has 0 aliphatic heterocycles. The van der Waals surface area contributed by atoms with Gasteiger partial charge in [0, 0.05) is 51.8 Å². The van der Waals surface area contributed by atoms with E-state index in [0.29, 0.717) is 6.54 Å². The first kappa shape index (κ1) is 15.5. The Morgan fingerprint density at radius 1 is 1.19 bits per heavy atom. The first-order chi connectivity index (χ1) is 10.0. The molecule has 5 heteroatoms. The number of nitrogens with two attached hydrogens (primary N) is 1. The molecule has 1 heterocycles. The molecular weight excluding hydrogens is 262 g/mol. The molecule has 0 aliphatic rings. The molecule has 0 fully saturated rings. The van der Waals surface area contributed by atoms with Crippen LogP contribution < -0.4 is 10.6 Å². The van der Waals surface area contributed by atoms with E-state index in [4.69, 9.17) is 5.73 Å². The van der Waals surface area contributed by atoms with Gasteiger partial charge in [0.25, 0.3) is 0 Å². The predicted octanol–water partition coefficient (Wildman–Crippen LogP) is 1.62. The Morgan fingerprint density at radius 3 is 2.33 bits per heavy atom. The van der Waals surface area contributed by atoms with Crippen LogP contribution in [0.3, 0.4) is 0 Å². The minimum Gasteiger partial charge on any atom is -0.378 e. The topological polar surface area (TPSA) is 50.3 Å². The molecule has 2 rings (SSSR count). The fourth-order valence-electron chi connectivity index (χ4n) is 2.45. The van der Waals surface area contributed by atoms with Crippen molar-refractivity contribution in [2.75, 3.05) is 32.6 Å². The second-order valence-corrected chi connectivity index (χ2v) is 5.61. The first-order valence-electron chi connectivity index (χ1n) is 7.16. The number of nitrogens with zero attached hydrogens (tertiary/aromatic N) is 4. The van der Waals surface area contributed by atoms with Crippen molar-refractivity contribution in [3.05, 3.63) is 48.0 Å². The van der Waals surface area contributed by atoms with Gasteiger partial charge in [-0.15, -0.1) is 0 Å². The van der Waals surface area contributed by atoms with Gasteiger partial charge in [-0.2, -0.15) is 0 Å². The average molecular weight is 287 g/mol. The van der Waals surface area contributed by atoms with Crippen LogP contribution in [0.4, 0.5) is 5.69 Å². The number of aromatic nitrogens is 2. The molecule has 114 valence electrons. The molecule has 0 spiro atoms. The normalized spacial score (nSPS) is 12.7. The standard InChI is InChI=1S/C16H25N5/c1-19(2)14-7-5-13(6-8-14)15(11-17)21(4)12-16-18-9-10-20(16)3/h5-10,15H,11-12,17H2,1-4H3. The fourth-order valence-corrected chi connectivity index (χ4v) is 2.45. The summed E-state index contributed by atoms with van der Waals surface area (Å²) in [7, 11) is 8.19. The maximum Gasteiger partial charge on any atom is 0.122 e. The summed E-state index contributed by atoms with van der Waals surface area (Å²) in [4.78, 5) is 8.72. The van der Waals surface area contributed by atoms with Crippen molar-refractivity contribution in [1.29, 1.82) is 0 Å². The highest BCUT2D eigenvalue weighted by Gasteiger charge is 2.17. The van der Waals surface area contributed by atoms with Crippen molar-refractivity contribution >= 4 is 5.69 Å². The summed E-state index contributed by atoms with van der Waals surface area (Å²) < 4.78 is 2.04. The van der Waals surface area contributed by atoms with E-state index in [1.54, 1.807) is 0 Å².